The average Bonchev–Trinajstić information content (AvgIpc) is 2.66. The Kier molecular flexibility index (Phi) is 3.94. The van der Waals surface area contributed by atoms with Crippen LogP contribution in [0.25, 0.3) is 0 Å². The minimum Gasteiger partial charge on any atom is -0.398 e. The zero-order chi connectivity index (χ0) is 15.8. The molecule has 0 aliphatic rings. The lowest BCUT2D eigenvalue weighted by Gasteiger charge is -2.08. The second-order valence-corrected chi connectivity index (χ2v) is 7.63. The van der Waals surface area contributed by atoms with Gasteiger partial charge < -0.3 is 5.73 Å². The molecule has 21 heavy (non-hydrogen) atoms. The van der Waals surface area contributed by atoms with Crippen molar-refractivity contribution in [3.05, 3.63) is 39.8 Å². The number of nitrogens with one attached hydrogen (secondary N) is 1. The molecular weight excluding hydrogens is 306 g/mol. The van der Waals surface area contributed by atoms with Gasteiger partial charge in [0.05, 0.1) is 10.5 Å². The summed E-state index contributed by atoms with van der Waals surface area (Å²) >= 11 is 1.25. The first-order chi connectivity index (χ1) is 9.76. The number of nitriles is 1. The van der Waals surface area contributed by atoms with E-state index < -0.39 is 10.0 Å². The van der Waals surface area contributed by atoms with Gasteiger partial charge in [0.2, 0.25) is 0 Å². The van der Waals surface area contributed by atoms with Crippen LogP contribution in [-0.2, 0) is 10.0 Å². The summed E-state index contributed by atoms with van der Waals surface area (Å²) in [6.45, 7) is 5.45. The van der Waals surface area contributed by atoms with Crippen molar-refractivity contribution < 1.29 is 8.42 Å². The molecule has 0 unspecified atom stereocenters. The second kappa shape index (κ2) is 5.39. The summed E-state index contributed by atoms with van der Waals surface area (Å²) in [6, 6.07) is 6.60. The van der Waals surface area contributed by atoms with Gasteiger partial charge in [0.1, 0.15) is 11.1 Å². The summed E-state index contributed by atoms with van der Waals surface area (Å²) in [5.74, 6) is 0. The molecule has 3 N–H and O–H groups in total. The Morgan fingerprint density at radius 3 is 2.52 bits per heavy atom. The summed E-state index contributed by atoms with van der Waals surface area (Å²) in [5, 5.41) is 9.50. The Labute approximate surface area is 128 Å². The lowest BCUT2D eigenvalue weighted by molar-refractivity contribution is 0.601. The number of benzene rings is 1. The first-order valence-electron chi connectivity index (χ1n) is 6.15. The smallest absolute Gasteiger partial charge is 0.262 e. The minimum atomic E-state index is -3.76. The molecule has 1 aromatic heterocycles. The number of thiophene rings is 1. The van der Waals surface area contributed by atoms with E-state index in [9.17, 15) is 8.42 Å². The lowest BCUT2D eigenvalue weighted by atomic mass is 10.2. The van der Waals surface area contributed by atoms with Crippen LogP contribution in [0.3, 0.4) is 0 Å². The molecule has 0 saturated carbocycles. The van der Waals surface area contributed by atoms with Crippen LogP contribution in [0.1, 0.15) is 21.6 Å². The summed E-state index contributed by atoms with van der Waals surface area (Å²) in [4.78, 5) is 0.992. The SMILES string of the molecule is Cc1ccc(S(=O)(=O)Nc2sc(C)c(C)c2C#N)cc1N. The maximum Gasteiger partial charge on any atom is 0.262 e. The third kappa shape index (κ3) is 2.86. The number of nitrogens with zero attached hydrogens (tertiary/aromatic N) is 1. The van der Waals surface area contributed by atoms with Crippen molar-refractivity contribution in [2.45, 2.75) is 25.7 Å². The highest BCUT2D eigenvalue weighted by Gasteiger charge is 2.20. The van der Waals surface area contributed by atoms with Gasteiger partial charge >= 0.3 is 0 Å². The van der Waals surface area contributed by atoms with Crippen LogP contribution in [0.5, 0.6) is 0 Å². The quantitative estimate of drug-likeness (QED) is 0.849. The second-order valence-electron chi connectivity index (χ2n) is 4.72. The number of anilines is 2. The molecule has 5 nitrogen and oxygen atoms in total. The van der Waals surface area contributed by atoms with Crippen LogP contribution >= 0.6 is 11.3 Å². The molecule has 0 saturated heterocycles. The summed E-state index contributed by atoms with van der Waals surface area (Å²) < 4.78 is 27.2. The number of hydrogen-bond donors (Lipinski definition) is 2. The predicted octanol–water partition coefficient (Wildman–Crippen LogP) is 2.93. The number of hydrogen-bond acceptors (Lipinski definition) is 5. The molecule has 110 valence electrons. The van der Waals surface area contributed by atoms with Crippen LogP contribution in [0, 0.1) is 32.1 Å². The van der Waals surface area contributed by atoms with Gasteiger partial charge in [-0.3, -0.25) is 4.72 Å². The third-order valence-electron chi connectivity index (χ3n) is 3.29. The molecule has 0 bridgehead atoms. The maximum absolute atomic E-state index is 12.4. The van der Waals surface area contributed by atoms with Gasteiger partial charge in [-0.2, -0.15) is 5.26 Å². The van der Waals surface area contributed by atoms with Crippen LogP contribution in [0.15, 0.2) is 23.1 Å². The lowest BCUT2D eigenvalue weighted by Crippen LogP contribution is -2.13. The van der Waals surface area contributed by atoms with Crippen molar-refractivity contribution in [2.24, 2.45) is 0 Å². The number of sulfonamides is 1. The van der Waals surface area contributed by atoms with Gasteiger partial charge in [-0.1, -0.05) is 6.07 Å². The van der Waals surface area contributed by atoms with E-state index in [0.29, 0.717) is 16.3 Å². The number of nitrogens with two attached hydrogens (primary N) is 1. The van der Waals surface area contributed by atoms with Crippen molar-refractivity contribution in [1.29, 1.82) is 5.26 Å². The zero-order valence-electron chi connectivity index (χ0n) is 11.9. The van der Waals surface area contributed by atoms with Crippen LogP contribution in [0.4, 0.5) is 10.7 Å². The molecule has 2 rings (SSSR count). The Morgan fingerprint density at radius 1 is 1.29 bits per heavy atom. The van der Waals surface area contributed by atoms with E-state index in [-0.39, 0.29) is 4.90 Å². The average molecular weight is 321 g/mol. The third-order valence-corrected chi connectivity index (χ3v) is 5.88. The summed E-state index contributed by atoms with van der Waals surface area (Å²) in [7, 11) is -3.76. The minimum absolute atomic E-state index is 0.0817. The first kappa shape index (κ1) is 15.4. The molecule has 0 amide bonds. The van der Waals surface area contributed by atoms with Crippen molar-refractivity contribution in [1.82, 2.24) is 0 Å². The van der Waals surface area contributed by atoms with Gasteiger partial charge in [-0.05, 0) is 44.0 Å². The van der Waals surface area contributed by atoms with Gasteiger partial charge in [0.25, 0.3) is 10.0 Å². The predicted molar refractivity (Wildman–Crippen MR) is 84.9 cm³/mol. The number of aryl methyl sites for hydroxylation is 2. The summed E-state index contributed by atoms with van der Waals surface area (Å²) in [5.41, 5.74) is 8.14. The molecular formula is C14H15N3O2S2. The molecule has 0 fully saturated rings. The van der Waals surface area contributed by atoms with E-state index in [4.69, 9.17) is 11.0 Å². The standard InChI is InChI=1S/C14H15N3O2S2/c1-8-4-5-11(6-13(8)16)21(18,19)17-14-12(7-15)9(2)10(3)20-14/h4-6,17H,16H2,1-3H3. The van der Waals surface area contributed by atoms with Crippen molar-refractivity contribution in [3.63, 3.8) is 0 Å². The monoisotopic (exact) mass is 321 g/mol. The van der Waals surface area contributed by atoms with Gasteiger partial charge in [0.15, 0.2) is 0 Å². The molecule has 0 radical (unpaired) electrons. The molecule has 0 aliphatic heterocycles. The number of nitrogen functional groups attached to an aromatic ring is 1. The molecule has 7 heteroatoms. The van der Waals surface area contributed by atoms with Crippen LogP contribution < -0.4 is 10.5 Å². The fraction of sp³-hybridized carbons (Fsp3) is 0.214. The number of rotatable bonds is 3. The van der Waals surface area contributed by atoms with Crippen molar-refractivity contribution >= 4 is 32.0 Å². The van der Waals surface area contributed by atoms with E-state index >= 15 is 0 Å². The fourth-order valence-corrected chi connectivity index (χ4v) is 4.15. The highest BCUT2D eigenvalue weighted by molar-refractivity contribution is 7.93. The zero-order valence-corrected chi connectivity index (χ0v) is 13.5. The van der Waals surface area contributed by atoms with E-state index in [1.807, 2.05) is 13.0 Å². The fourth-order valence-electron chi connectivity index (χ4n) is 1.80. The van der Waals surface area contributed by atoms with Gasteiger partial charge in [-0.25, -0.2) is 8.42 Å². The Bertz CT molecular complexity index is 846. The molecule has 0 atom stereocenters. The van der Waals surface area contributed by atoms with E-state index in [1.165, 1.54) is 23.5 Å². The first-order valence-corrected chi connectivity index (χ1v) is 8.45. The van der Waals surface area contributed by atoms with Crippen LogP contribution in [0.2, 0.25) is 0 Å². The normalized spacial score (nSPS) is 11.1. The largest absolute Gasteiger partial charge is 0.398 e. The molecule has 0 spiro atoms. The Balaban J connectivity index is 2.45. The maximum atomic E-state index is 12.4. The van der Waals surface area contributed by atoms with Crippen molar-refractivity contribution in [3.8, 4) is 6.07 Å². The highest BCUT2D eigenvalue weighted by Crippen LogP contribution is 2.33. The van der Waals surface area contributed by atoms with E-state index in [0.717, 1.165) is 16.0 Å². The van der Waals surface area contributed by atoms with Gasteiger partial charge in [-0.15, -0.1) is 11.3 Å². The summed E-state index contributed by atoms with van der Waals surface area (Å²) in [6.07, 6.45) is 0. The Morgan fingerprint density at radius 2 is 1.95 bits per heavy atom. The van der Waals surface area contributed by atoms with Crippen molar-refractivity contribution in [2.75, 3.05) is 10.5 Å². The van der Waals surface area contributed by atoms with Crippen LogP contribution in [-0.4, -0.2) is 8.42 Å². The van der Waals surface area contributed by atoms with E-state index in [1.54, 1.807) is 19.9 Å². The molecule has 1 aromatic carbocycles. The highest BCUT2D eigenvalue weighted by atomic mass is 32.2. The van der Waals surface area contributed by atoms with Gasteiger partial charge in [0, 0.05) is 10.6 Å². The van der Waals surface area contributed by atoms with E-state index in [2.05, 4.69) is 4.72 Å². The molecule has 0 aliphatic carbocycles. The molecule has 2 aromatic rings. The Hall–Kier alpha value is -2.04. The molecule has 1 heterocycles. The topological polar surface area (TPSA) is 96.0 Å².